The molecule has 0 atom stereocenters. The fraction of sp³-hybridized carbons (Fsp3) is 0.100. The lowest BCUT2D eigenvalue weighted by Gasteiger charge is -2.00. The number of hydrogen-bond donors (Lipinski definition) is 1. The van der Waals surface area contributed by atoms with Gasteiger partial charge in [0.25, 0.3) is 5.91 Å². The average molecular weight is 393 g/mol. The van der Waals surface area contributed by atoms with Gasteiger partial charge in [-0.05, 0) is 26.0 Å². The number of aromatic nitrogens is 3. The second-order valence-electron chi connectivity index (χ2n) is 6.01. The molecular formula is C20H16N4OS2. The highest BCUT2D eigenvalue weighted by molar-refractivity contribution is 7.17. The Morgan fingerprint density at radius 1 is 1.00 bits per heavy atom. The molecule has 0 saturated heterocycles. The monoisotopic (exact) mass is 392 g/mol. The maximum Gasteiger partial charge on any atom is 0.269 e. The van der Waals surface area contributed by atoms with E-state index in [0.29, 0.717) is 15.7 Å². The highest BCUT2D eigenvalue weighted by Crippen LogP contribution is 2.29. The molecule has 27 heavy (non-hydrogen) atoms. The summed E-state index contributed by atoms with van der Waals surface area (Å²) in [6.07, 6.45) is 1.72. The van der Waals surface area contributed by atoms with Gasteiger partial charge < -0.3 is 0 Å². The van der Waals surface area contributed by atoms with Gasteiger partial charge in [-0.15, -0.1) is 22.7 Å². The van der Waals surface area contributed by atoms with Crippen molar-refractivity contribution >= 4 is 33.7 Å². The number of anilines is 1. The quantitative estimate of drug-likeness (QED) is 0.518. The SMILES string of the molecule is Cc1ccc(-c2csc(NC(=O)c3sc(-c4ccccn4)nc3C)n2)cc1. The molecular weight excluding hydrogens is 376 g/mol. The van der Waals surface area contributed by atoms with Gasteiger partial charge in [-0.25, -0.2) is 9.97 Å². The van der Waals surface area contributed by atoms with Crippen molar-refractivity contribution in [3.05, 3.63) is 70.2 Å². The van der Waals surface area contributed by atoms with Gasteiger partial charge in [0.15, 0.2) is 5.13 Å². The van der Waals surface area contributed by atoms with Gasteiger partial charge >= 0.3 is 0 Å². The zero-order valence-corrected chi connectivity index (χ0v) is 16.4. The first-order chi connectivity index (χ1) is 13.1. The number of carbonyl (C=O) groups is 1. The van der Waals surface area contributed by atoms with Gasteiger partial charge in [0, 0.05) is 17.1 Å². The van der Waals surface area contributed by atoms with Crippen LogP contribution in [0, 0.1) is 13.8 Å². The van der Waals surface area contributed by atoms with Gasteiger partial charge in [-0.1, -0.05) is 35.9 Å². The molecule has 0 bridgehead atoms. The summed E-state index contributed by atoms with van der Waals surface area (Å²) in [4.78, 5) is 26.6. The second kappa shape index (κ2) is 7.38. The van der Waals surface area contributed by atoms with E-state index in [2.05, 4.69) is 20.3 Å². The summed E-state index contributed by atoms with van der Waals surface area (Å²) in [5.41, 5.74) is 4.54. The van der Waals surface area contributed by atoms with Crippen molar-refractivity contribution in [2.75, 3.05) is 5.32 Å². The summed E-state index contributed by atoms with van der Waals surface area (Å²) in [6, 6.07) is 13.8. The Hall–Kier alpha value is -2.90. The Labute approximate surface area is 164 Å². The summed E-state index contributed by atoms with van der Waals surface area (Å²) in [6.45, 7) is 3.88. The second-order valence-corrected chi connectivity index (χ2v) is 7.86. The highest BCUT2D eigenvalue weighted by Gasteiger charge is 2.18. The van der Waals surface area contributed by atoms with Crippen LogP contribution in [-0.2, 0) is 0 Å². The Bertz CT molecular complexity index is 1080. The first kappa shape index (κ1) is 17.5. The number of aryl methyl sites for hydroxylation is 2. The van der Waals surface area contributed by atoms with E-state index in [-0.39, 0.29) is 5.91 Å². The minimum absolute atomic E-state index is 0.197. The molecule has 0 unspecified atom stereocenters. The topological polar surface area (TPSA) is 67.8 Å². The summed E-state index contributed by atoms with van der Waals surface area (Å²) >= 11 is 2.75. The predicted molar refractivity (Wildman–Crippen MR) is 110 cm³/mol. The van der Waals surface area contributed by atoms with Crippen LogP contribution in [0.3, 0.4) is 0 Å². The molecule has 4 aromatic rings. The van der Waals surface area contributed by atoms with Crippen molar-refractivity contribution < 1.29 is 4.79 Å². The molecule has 3 heterocycles. The number of thiazole rings is 2. The molecule has 0 radical (unpaired) electrons. The number of hydrogen-bond acceptors (Lipinski definition) is 6. The van der Waals surface area contributed by atoms with Crippen LogP contribution in [0.25, 0.3) is 22.0 Å². The third-order valence-corrected chi connectivity index (χ3v) is 5.90. The van der Waals surface area contributed by atoms with Crippen LogP contribution in [0.5, 0.6) is 0 Å². The zero-order valence-electron chi connectivity index (χ0n) is 14.8. The Balaban J connectivity index is 1.53. The Kier molecular flexibility index (Phi) is 4.79. The van der Waals surface area contributed by atoms with Crippen molar-refractivity contribution in [1.82, 2.24) is 15.0 Å². The van der Waals surface area contributed by atoms with Crippen molar-refractivity contribution in [3.8, 4) is 22.0 Å². The summed E-state index contributed by atoms with van der Waals surface area (Å²) in [5, 5.41) is 6.13. The van der Waals surface area contributed by atoms with Crippen LogP contribution in [-0.4, -0.2) is 20.9 Å². The lowest BCUT2D eigenvalue weighted by molar-refractivity contribution is 0.103. The number of amides is 1. The van der Waals surface area contributed by atoms with Crippen LogP contribution in [0.2, 0.25) is 0 Å². The van der Waals surface area contributed by atoms with Crippen molar-refractivity contribution in [1.29, 1.82) is 0 Å². The van der Waals surface area contributed by atoms with E-state index in [1.165, 1.54) is 28.2 Å². The normalized spacial score (nSPS) is 10.7. The Morgan fingerprint density at radius 2 is 1.81 bits per heavy atom. The number of carbonyl (C=O) groups excluding carboxylic acids is 1. The summed E-state index contributed by atoms with van der Waals surface area (Å²) in [5.74, 6) is -0.197. The van der Waals surface area contributed by atoms with Crippen molar-refractivity contribution in [2.45, 2.75) is 13.8 Å². The van der Waals surface area contributed by atoms with Gasteiger partial charge in [-0.3, -0.25) is 15.1 Å². The minimum atomic E-state index is -0.197. The number of benzene rings is 1. The molecule has 134 valence electrons. The molecule has 0 aliphatic heterocycles. The van der Waals surface area contributed by atoms with Crippen molar-refractivity contribution in [3.63, 3.8) is 0 Å². The van der Waals surface area contributed by atoms with Crippen LogP contribution >= 0.6 is 22.7 Å². The molecule has 3 aromatic heterocycles. The van der Waals surface area contributed by atoms with E-state index < -0.39 is 0 Å². The number of rotatable bonds is 4. The standard InChI is InChI=1S/C20H16N4OS2/c1-12-6-8-14(9-7-12)16-11-26-20(23-16)24-18(25)17-13(2)22-19(27-17)15-5-3-4-10-21-15/h3-11H,1-2H3,(H,23,24,25). The average Bonchev–Trinajstić information content (AvgIpc) is 3.30. The summed E-state index contributed by atoms with van der Waals surface area (Å²) in [7, 11) is 0. The van der Waals surface area contributed by atoms with Crippen LogP contribution in [0.15, 0.2) is 54.0 Å². The van der Waals surface area contributed by atoms with E-state index in [0.717, 1.165) is 22.0 Å². The molecule has 0 aliphatic carbocycles. The van der Waals surface area contributed by atoms with Gasteiger partial charge in [-0.2, -0.15) is 0 Å². The van der Waals surface area contributed by atoms with Crippen molar-refractivity contribution in [2.24, 2.45) is 0 Å². The van der Waals surface area contributed by atoms with E-state index >= 15 is 0 Å². The van der Waals surface area contributed by atoms with Crippen LogP contribution in [0.1, 0.15) is 20.9 Å². The smallest absolute Gasteiger partial charge is 0.269 e. The number of pyridine rings is 1. The van der Waals surface area contributed by atoms with Gasteiger partial charge in [0.2, 0.25) is 0 Å². The third-order valence-electron chi connectivity index (χ3n) is 3.96. The molecule has 4 rings (SSSR count). The fourth-order valence-electron chi connectivity index (χ4n) is 2.55. The third kappa shape index (κ3) is 3.79. The first-order valence-corrected chi connectivity index (χ1v) is 10.0. The largest absolute Gasteiger partial charge is 0.297 e. The molecule has 0 fully saturated rings. The number of nitrogens with zero attached hydrogens (tertiary/aromatic N) is 3. The van der Waals surface area contributed by atoms with Gasteiger partial charge in [0.05, 0.1) is 17.1 Å². The van der Waals surface area contributed by atoms with E-state index in [1.54, 1.807) is 6.20 Å². The number of nitrogens with one attached hydrogen (secondary N) is 1. The zero-order chi connectivity index (χ0) is 18.8. The first-order valence-electron chi connectivity index (χ1n) is 8.33. The molecule has 0 saturated carbocycles. The minimum Gasteiger partial charge on any atom is -0.297 e. The van der Waals surface area contributed by atoms with Crippen LogP contribution in [0.4, 0.5) is 5.13 Å². The predicted octanol–water partition coefficient (Wildman–Crippen LogP) is 5.20. The molecule has 1 N–H and O–H groups in total. The molecule has 1 aromatic carbocycles. The lowest BCUT2D eigenvalue weighted by Crippen LogP contribution is -2.11. The van der Waals surface area contributed by atoms with E-state index in [9.17, 15) is 4.79 Å². The van der Waals surface area contributed by atoms with Gasteiger partial charge in [0.1, 0.15) is 9.88 Å². The maximum atomic E-state index is 12.7. The molecule has 0 aliphatic rings. The molecule has 5 nitrogen and oxygen atoms in total. The molecule has 7 heteroatoms. The van der Waals surface area contributed by atoms with Crippen LogP contribution < -0.4 is 5.32 Å². The fourth-order valence-corrected chi connectivity index (χ4v) is 4.20. The molecule has 1 amide bonds. The Morgan fingerprint density at radius 3 is 2.56 bits per heavy atom. The maximum absolute atomic E-state index is 12.7. The summed E-state index contributed by atoms with van der Waals surface area (Å²) < 4.78 is 0. The molecule has 0 spiro atoms. The van der Waals surface area contributed by atoms with E-state index in [1.807, 2.05) is 61.7 Å². The lowest BCUT2D eigenvalue weighted by atomic mass is 10.1. The highest BCUT2D eigenvalue weighted by atomic mass is 32.1. The van der Waals surface area contributed by atoms with E-state index in [4.69, 9.17) is 0 Å².